The maximum Gasteiger partial charge on any atom is 0.299 e. The zero-order valence-corrected chi connectivity index (χ0v) is 11.9. The summed E-state index contributed by atoms with van der Waals surface area (Å²) in [5.74, 6) is -2.15. The molecule has 0 saturated heterocycles. The fraction of sp³-hybridized carbons (Fsp3) is 0.429. The number of nitrogens with zero attached hydrogens (tertiary/aromatic N) is 1. The van der Waals surface area contributed by atoms with E-state index in [2.05, 4.69) is 0 Å². The van der Waals surface area contributed by atoms with Gasteiger partial charge in [-0.15, -0.1) is 0 Å². The van der Waals surface area contributed by atoms with Gasteiger partial charge in [-0.3, -0.25) is 14.5 Å². The van der Waals surface area contributed by atoms with Crippen LogP contribution in [0.15, 0.2) is 12.1 Å². The molecule has 0 aliphatic carbocycles. The Bertz CT molecular complexity index is 547. The van der Waals surface area contributed by atoms with Crippen LogP contribution in [0.1, 0.15) is 30.1 Å². The number of amides is 1. The van der Waals surface area contributed by atoms with Crippen LogP contribution in [0, 0.1) is 5.82 Å². The molecule has 1 aromatic rings. The highest BCUT2D eigenvalue weighted by Crippen LogP contribution is 2.36. The third-order valence-corrected chi connectivity index (χ3v) is 3.43. The SMILES string of the molecule is CCCCOCCN1C(=O)C(=O)c2c(Cl)ccc(F)c21. The van der Waals surface area contributed by atoms with Gasteiger partial charge in [-0.2, -0.15) is 0 Å². The average Bonchev–Trinajstić information content (AvgIpc) is 2.68. The summed E-state index contributed by atoms with van der Waals surface area (Å²) in [4.78, 5) is 24.8. The Morgan fingerprint density at radius 3 is 2.75 bits per heavy atom. The van der Waals surface area contributed by atoms with E-state index in [1.54, 1.807) is 0 Å². The summed E-state index contributed by atoms with van der Waals surface area (Å²) in [5.41, 5.74) is -0.0863. The van der Waals surface area contributed by atoms with Crippen LogP contribution in [0.5, 0.6) is 0 Å². The Hall–Kier alpha value is -1.46. The Morgan fingerprint density at radius 2 is 2.05 bits per heavy atom. The van der Waals surface area contributed by atoms with Crippen molar-refractivity contribution in [3.8, 4) is 0 Å². The molecule has 1 aliphatic heterocycles. The van der Waals surface area contributed by atoms with Crippen molar-refractivity contribution in [1.82, 2.24) is 0 Å². The number of rotatable bonds is 6. The molecule has 4 nitrogen and oxygen atoms in total. The fourth-order valence-corrected chi connectivity index (χ4v) is 2.31. The van der Waals surface area contributed by atoms with Crippen LogP contribution < -0.4 is 4.90 Å². The van der Waals surface area contributed by atoms with Gasteiger partial charge in [-0.25, -0.2) is 4.39 Å². The van der Waals surface area contributed by atoms with Crippen LogP contribution in [0.3, 0.4) is 0 Å². The van der Waals surface area contributed by atoms with Gasteiger partial charge in [0.1, 0.15) is 5.82 Å². The topological polar surface area (TPSA) is 46.6 Å². The number of ether oxygens (including phenoxy) is 1. The molecule has 0 N–H and O–H groups in total. The van der Waals surface area contributed by atoms with Crippen molar-refractivity contribution in [2.24, 2.45) is 0 Å². The lowest BCUT2D eigenvalue weighted by Crippen LogP contribution is -2.33. The highest BCUT2D eigenvalue weighted by atomic mass is 35.5. The molecule has 0 saturated carbocycles. The van der Waals surface area contributed by atoms with Gasteiger partial charge in [0.25, 0.3) is 11.7 Å². The highest BCUT2D eigenvalue weighted by Gasteiger charge is 2.39. The molecule has 2 rings (SSSR count). The molecule has 1 amide bonds. The van der Waals surface area contributed by atoms with Crippen LogP contribution in [-0.4, -0.2) is 31.4 Å². The van der Waals surface area contributed by atoms with E-state index in [0.29, 0.717) is 6.61 Å². The summed E-state index contributed by atoms with van der Waals surface area (Å²) in [6.45, 7) is 3.01. The smallest absolute Gasteiger partial charge is 0.299 e. The molecule has 0 unspecified atom stereocenters. The van der Waals surface area contributed by atoms with Gasteiger partial charge in [-0.05, 0) is 18.6 Å². The second-order valence-corrected chi connectivity index (χ2v) is 4.91. The summed E-state index contributed by atoms with van der Waals surface area (Å²) in [6, 6.07) is 2.43. The molecule has 0 aromatic heterocycles. The van der Waals surface area contributed by atoms with Crippen molar-refractivity contribution in [1.29, 1.82) is 0 Å². The lowest BCUT2D eigenvalue weighted by atomic mass is 10.1. The first-order valence-electron chi connectivity index (χ1n) is 6.49. The number of hydrogen-bond acceptors (Lipinski definition) is 3. The minimum absolute atomic E-state index is 0.0356. The standard InChI is InChI=1S/C14H15ClFNO3/c1-2-3-7-20-8-6-17-12-10(16)5-4-9(15)11(12)13(18)14(17)19/h4-5H,2-3,6-8H2,1H3. The molecule has 108 valence electrons. The second-order valence-electron chi connectivity index (χ2n) is 4.50. The first-order valence-corrected chi connectivity index (χ1v) is 6.87. The van der Waals surface area contributed by atoms with E-state index in [0.717, 1.165) is 23.8 Å². The number of hydrogen-bond donors (Lipinski definition) is 0. The maximum atomic E-state index is 13.9. The number of anilines is 1. The van der Waals surface area contributed by atoms with E-state index >= 15 is 0 Å². The predicted molar refractivity (Wildman–Crippen MR) is 73.8 cm³/mol. The van der Waals surface area contributed by atoms with Crippen LogP contribution in [0.4, 0.5) is 10.1 Å². The van der Waals surface area contributed by atoms with E-state index in [9.17, 15) is 14.0 Å². The van der Waals surface area contributed by atoms with E-state index in [1.807, 2.05) is 6.92 Å². The number of carbonyl (C=O) groups is 2. The van der Waals surface area contributed by atoms with Crippen LogP contribution in [-0.2, 0) is 9.53 Å². The van der Waals surface area contributed by atoms with Crippen molar-refractivity contribution in [2.45, 2.75) is 19.8 Å². The number of fused-ring (bicyclic) bond motifs is 1. The number of unbranched alkanes of at least 4 members (excludes halogenated alkanes) is 1. The Balaban J connectivity index is 2.14. The van der Waals surface area contributed by atoms with E-state index in [-0.39, 0.29) is 29.4 Å². The molecule has 0 atom stereocenters. The number of halogens is 2. The number of ketones is 1. The molecule has 0 bridgehead atoms. The van der Waals surface area contributed by atoms with Crippen LogP contribution in [0.2, 0.25) is 5.02 Å². The predicted octanol–water partition coefficient (Wildman–Crippen LogP) is 2.83. The number of benzene rings is 1. The molecular weight excluding hydrogens is 285 g/mol. The summed E-state index contributed by atoms with van der Waals surface area (Å²) in [6.07, 6.45) is 1.93. The molecule has 1 aromatic carbocycles. The molecule has 6 heteroatoms. The second kappa shape index (κ2) is 6.33. The molecule has 0 fully saturated rings. The Labute approximate surface area is 121 Å². The van der Waals surface area contributed by atoms with Gasteiger partial charge >= 0.3 is 0 Å². The zero-order valence-electron chi connectivity index (χ0n) is 11.1. The minimum Gasteiger partial charge on any atom is -0.380 e. The Kier molecular flexibility index (Phi) is 4.73. The highest BCUT2D eigenvalue weighted by molar-refractivity contribution is 6.55. The Morgan fingerprint density at radius 1 is 1.30 bits per heavy atom. The van der Waals surface area contributed by atoms with Gasteiger partial charge in [0.15, 0.2) is 0 Å². The summed E-state index contributed by atoms with van der Waals surface area (Å²) in [7, 11) is 0. The van der Waals surface area contributed by atoms with Gasteiger partial charge in [0.05, 0.1) is 22.9 Å². The van der Waals surface area contributed by atoms with E-state index < -0.39 is 17.5 Å². The van der Waals surface area contributed by atoms with Gasteiger partial charge in [-0.1, -0.05) is 24.9 Å². The van der Waals surface area contributed by atoms with E-state index in [1.165, 1.54) is 6.07 Å². The average molecular weight is 300 g/mol. The monoisotopic (exact) mass is 299 g/mol. The van der Waals surface area contributed by atoms with Crippen molar-refractivity contribution in [3.05, 3.63) is 28.5 Å². The van der Waals surface area contributed by atoms with Crippen molar-refractivity contribution in [2.75, 3.05) is 24.7 Å². The summed E-state index contributed by atoms with van der Waals surface area (Å²) < 4.78 is 19.2. The van der Waals surface area contributed by atoms with Crippen LogP contribution in [0.25, 0.3) is 0 Å². The van der Waals surface area contributed by atoms with Crippen molar-refractivity contribution in [3.63, 3.8) is 0 Å². The normalized spacial score (nSPS) is 14.1. The summed E-state index contributed by atoms with van der Waals surface area (Å²) >= 11 is 5.87. The fourth-order valence-electron chi connectivity index (χ4n) is 2.07. The molecular formula is C14H15ClFNO3. The quantitative estimate of drug-likeness (QED) is 0.599. The van der Waals surface area contributed by atoms with Gasteiger partial charge < -0.3 is 4.74 Å². The van der Waals surface area contributed by atoms with Crippen molar-refractivity contribution >= 4 is 29.0 Å². The first kappa shape index (κ1) is 14.9. The largest absolute Gasteiger partial charge is 0.380 e. The minimum atomic E-state index is -0.766. The molecule has 0 radical (unpaired) electrons. The van der Waals surface area contributed by atoms with Crippen molar-refractivity contribution < 1.29 is 18.7 Å². The third kappa shape index (κ3) is 2.69. The van der Waals surface area contributed by atoms with Gasteiger partial charge in [0, 0.05) is 13.2 Å². The number of carbonyl (C=O) groups excluding carboxylic acids is 2. The third-order valence-electron chi connectivity index (χ3n) is 3.12. The number of Topliss-reactive ketones (excluding diaryl/α,β-unsaturated/α-hetero) is 1. The first-order chi connectivity index (χ1) is 9.57. The molecule has 1 heterocycles. The lowest BCUT2D eigenvalue weighted by Gasteiger charge is -2.17. The maximum absolute atomic E-state index is 13.9. The molecule has 1 aliphatic rings. The lowest BCUT2D eigenvalue weighted by molar-refractivity contribution is -0.114. The summed E-state index contributed by atoms with van der Waals surface area (Å²) in [5, 5.41) is 0.0918. The van der Waals surface area contributed by atoms with Crippen LogP contribution >= 0.6 is 11.6 Å². The zero-order chi connectivity index (χ0) is 14.7. The molecule has 0 spiro atoms. The van der Waals surface area contributed by atoms with Gasteiger partial charge in [0.2, 0.25) is 0 Å². The van der Waals surface area contributed by atoms with E-state index in [4.69, 9.17) is 16.3 Å². The molecule has 20 heavy (non-hydrogen) atoms.